The zero-order valence-electron chi connectivity index (χ0n) is 18.3. The Morgan fingerprint density at radius 1 is 1.00 bits per heavy atom. The van der Waals surface area contributed by atoms with Gasteiger partial charge < -0.3 is 15.5 Å². The molecule has 1 aromatic heterocycles. The number of aromatic nitrogens is 1. The van der Waals surface area contributed by atoms with E-state index < -0.39 is 5.66 Å². The third-order valence-electron chi connectivity index (χ3n) is 8.44. The third-order valence-corrected chi connectivity index (χ3v) is 8.44. The molecule has 4 atom stereocenters. The number of pyridine rings is 1. The quantitative estimate of drug-likeness (QED) is 0.761. The van der Waals surface area contributed by atoms with E-state index >= 15 is 0 Å². The van der Waals surface area contributed by atoms with Gasteiger partial charge in [-0.2, -0.15) is 0 Å². The first-order chi connectivity index (χ1) is 15.6. The number of rotatable bonds is 2. The van der Waals surface area contributed by atoms with E-state index in [9.17, 15) is 9.59 Å². The number of carbonyl (C=O) groups excluding carboxylic acids is 2. The summed E-state index contributed by atoms with van der Waals surface area (Å²) in [5.74, 6) is 1.57. The molecule has 7 rings (SSSR count). The van der Waals surface area contributed by atoms with E-state index in [1.807, 2.05) is 36.7 Å². The van der Waals surface area contributed by atoms with Crippen LogP contribution in [0.1, 0.15) is 60.4 Å². The van der Waals surface area contributed by atoms with Crippen molar-refractivity contribution < 1.29 is 9.59 Å². The minimum atomic E-state index is -0.403. The molecule has 6 nitrogen and oxygen atoms in total. The molecule has 2 amide bonds. The standard InChI is InChI=1S/C26H30N4O2/c31-24-21-3-1-2-4-23(21)28-26(29-24)16-19-5-6-20(26)15-22(19)25(32)30-13-9-18(10-14-30)17-7-11-27-12-8-17/h1-4,7-8,11-12,18-20,22,28H,5-6,9-10,13-16H2,(H,29,31)/t19-,20-,22-,26+/m0/s1. The Morgan fingerprint density at radius 3 is 2.53 bits per heavy atom. The van der Waals surface area contributed by atoms with Crippen molar-refractivity contribution in [2.45, 2.75) is 50.1 Å². The monoisotopic (exact) mass is 430 g/mol. The van der Waals surface area contributed by atoms with Crippen molar-refractivity contribution in [3.8, 4) is 0 Å². The van der Waals surface area contributed by atoms with E-state index in [2.05, 4.69) is 32.7 Å². The number of nitrogens with zero attached hydrogens (tertiary/aromatic N) is 2. The number of benzene rings is 1. The zero-order valence-corrected chi connectivity index (χ0v) is 18.3. The van der Waals surface area contributed by atoms with Crippen LogP contribution in [0.3, 0.4) is 0 Å². The van der Waals surface area contributed by atoms with Gasteiger partial charge in [-0.1, -0.05) is 12.1 Å². The topological polar surface area (TPSA) is 74.3 Å². The first-order valence-corrected chi connectivity index (χ1v) is 12.0. The molecule has 1 saturated heterocycles. The van der Waals surface area contributed by atoms with E-state index in [1.165, 1.54) is 5.56 Å². The normalized spacial score (nSPS) is 31.7. The lowest BCUT2D eigenvalue weighted by molar-refractivity contribution is -0.144. The molecule has 166 valence electrons. The average Bonchev–Trinajstić information content (AvgIpc) is 2.84. The number of carbonyl (C=O) groups is 2. The highest BCUT2D eigenvalue weighted by Gasteiger charge is 2.55. The molecule has 2 aromatic rings. The average molecular weight is 431 g/mol. The van der Waals surface area contributed by atoms with Gasteiger partial charge >= 0.3 is 0 Å². The molecule has 1 spiro atoms. The number of hydrogen-bond donors (Lipinski definition) is 2. The van der Waals surface area contributed by atoms with Gasteiger partial charge in [0.2, 0.25) is 5.91 Å². The molecule has 5 aliphatic rings. The second kappa shape index (κ2) is 7.61. The minimum absolute atomic E-state index is 0.00737. The molecule has 6 heteroatoms. The van der Waals surface area contributed by atoms with Crippen LogP contribution in [0.2, 0.25) is 0 Å². The molecule has 2 aliphatic heterocycles. The van der Waals surface area contributed by atoms with Crippen LogP contribution < -0.4 is 10.6 Å². The summed E-state index contributed by atoms with van der Waals surface area (Å²) in [6.07, 6.45) is 9.61. The molecule has 4 fully saturated rings. The van der Waals surface area contributed by atoms with Gasteiger partial charge in [-0.05, 0) is 80.2 Å². The Hall–Kier alpha value is -2.89. The molecule has 32 heavy (non-hydrogen) atoms. The second-order valence-corrected chi connectivity index (χ2v) is 10.1. The summed E-state index contributed by atoms with van der Waals surface area (Å²) in [6.45, 7) is 1.68. The predicted octanol–water partition coefficient (Wildman–Crippen LogP) is 3.78. The highest BCUT2D eigenvalue weighted by molar-refractivity contribution is 6.02. The van der Waals surface area contributed by atoms with Gasteiger partial charge in [-0.15, -0.1) is 0 Å². The minimum Gasteiger partial charge on any atom is -0.362 e. The van der Waals surface area contributed by atoms with Crippen molar-refractivity contribution in [2.75, 3.05) is 18.4 Å². The number of likely N-dealkylation sites (tertiary alicyclic amines) is 1. The summed E-state index contributed by atoms with van der Waals surface area (Å²) in [5.41, 5.74) is 2.57. The van der Waals surface area contributed by atoms with Gasteiger partial charge in [0, 0.05) is 43.0 Å². The van der Waals surface area contributed by atoms with Gasteiger partial charge in [0.15, 0.2) is 0 Å². The van der Waals surface area contributed by atoms with E-state index in [0.717, 1.165) is 57.3 Å². The van der Waals surface area contributed by atoms with E-state index in [0.29, 0.717) is 23.3 Å². The van der Waals surface area contributed by atoms with Crippen molar-refractivity contribution in [3.05, 3.63) is 59.9 Å². The van der Waals surface area contributed by atoms with Crippen LogP contribution >= 0.6 is 0 Å². The van der Waals surface area contributed by atoms with Crippen molar-refractivity contribution in [1.82, 2.24) is 15.2 Å². The molecule has 3 aliphatic carbocycles. The van der Waals surface area contributed by atoms with Crippen molar-refractivity contribution >= 4 is 17.5 Å². The summed E-state index contributed by atoms with van der Waals surface area (Å²) >= 11 is 0. The number of amides is 2. The summed E-state index contributed by atoms with van der Waals surface area (Å²) < 4.78 is 0. The summed E-state index contributed by atoms with van der Waals surface area (Å²) in [6, 6.07) is 11.9. The van der Waals surface area contributed by atoms with Crippen LogP contribution in [-0.2, 0) is 4.79 Å². The number of nitrogens with one attached hydrogen (secondary N) is 2. The number of hydrogen-bond acceptors (Lipinski definition) is 4. The lowest BCUT2D eigenvalue weighted by Gasteiger charge is -2.57. The van der Waals surface area contributed by atoms with Gasteiger partial charge in [0.25, 0.3) is 5.91 Å². The molecular weight excluding hydrogens is 400 g/mol. The fourth-order valence-corrected chi connectivity index (χ4v) is 6.75. The van der Waals surface area contributed by atoms with Gasteiger partial charge in [0.05, 0.1) is 5.56 Å². The number of para-hydroxylation sites is 1. The number of piperidine rings is 1. The SMILES string of the molecule is O=C1N[C@@]2(C[C@@H]3CC[C@H]2C[C@@H]3C(=O)N2CCC(c3ccncc3)CC2)Nc2ccccc21. The molecule has 2 N–H and O–H groups in total. The van der Waals surface area contributed by atoms with Crippen LogP contribution in [0.15, 0.2) is 48.8 Å². The lowest BCUT2D eigenvalue weighted by Crippen LogP contribution is -2.68. The van der Waals surface area contributed by atoms with Crippen molar-refractivity contribution in [1.29, 1.82) is 0 Å². The maximum atomic E-state index is 13.5. The first kappa shape index (κ1) is 19.8. The smallest absolute Gasteiger partial charge is 0.255 e. The molecule has 0 radical (unpaired) electrons. The Bertz CT molecular complexity index is 1030. The Kier molecular flexibility index (Phi) is 4.70. The van der Waals surface area contributed by atoms with Crippen LogP contribution in [0.5, 0.6) is 0 Å². The van der Waals surface area contributed by atoms with Crippen molar-refractivity contribution in [2.24, 2.45) is 17.8 Å². The molecule has 3 saturated carbocycles. The Labute approximate surface area is 188 Å². The molecule has 0 unspecified atom stereocenters. The molecule has 3 heterocycles. The Morgan fingerprint density at radius 2 is 1.78 bits per heavy atom. The van der Waals surface area contributed by atoms with Gasteiger partial charge in [-0.3, -0.25) is 14.6 Å². The largest absolute Gasteiger partial charge is 0.362 e. The van der Waals surface area contributed by atoms with E-state index in [4.69, 9.17) is 0 Å². The highest BCUT2D eigenvalue weighted by atomic mass is 16.2. The van der Waals surface area contributed by atoms with Gasteiger partial charge in [0.1, 0.15) is 5.66 Å². The van der Waals surface area contributed by atoms with E-state index in [1.54, 1.807) is 0 Å². The Balaban J connectivity index is 1.14. The fourth-order valence-electron chi connectivity index (χ4n) is 6.75. The molecule has 1 aromatic carbocycles. The summed E-state index contributed by atoms with van der Waals surface area (Å²) in [7, 11) is 0. The van der Waals surface area contributed by atoms with Crippen LogP contribution in [0.25, 0.3) is 0 Å². The maximum absolute atomic E-state index is 13.5. The summed E-state index contributed by atoms with van der Waals surface area (Å²) in [4.78, 5) is 32.6. The van der Waals surface area contributed by atoms with E-state index in [-0.39, 0.29) is 17.7 Å². The molecule has 2 bridgehead atoms. The third kappa shape index (κ3) is 3.19. The zero-order chi connectivity index (χ0) is 21.7. The number of fused-ring (bicyclic) bond motifs is 3. The second-order valence-electron chi connectivity index (χ2n) is 10.1. The van der Waals surface area contributed by atoms with Crippen LogP contribution in [-0.4, -0.2) is 40.5 Å². The summed E-state index contributed by atoms with van der Waals surface area (Å²) in [5, 5.41) is 6.98. The first-order valence-electron chi connectivity index (χ1n) is 12.0. The highest BCUT2D eigenvalue weighted by Crippen LogP contribution is 2.52. The maximum Gasteiger partial charge on any atom is 0.255 e. The number of anilines is 1. The van der Waals surface area contributed by atoms with Crippen LogP contribution in [0.4, 0.5) is 5.69 Å². The molecular formula is C26H30N4O2. The predicted molar refractivity (Wildman–Crippen MR) is 122 cm³/mol. The fraction of sp³-hybridized carbons (Fsp3) is 0.500. The van der Waals surface area contributed by atoms with Crippen LogP contribution in [0, 0.1) is 17.8 Å². The van der Waals surface area contributed by atoms with Gasteiger partial charge in [-0.25, -0.2) is 0 Å². The van der Waals surface area contributed by atoms with Crippen molar-refractivity contribution in [3.63, 3.8) is 0 Å². The lowest BCUT2D eigenvalue weighted by atomic mass is 9.58.